The molecule has 118 valence electrons. The topological polar surface area (TPSA) is 84.5 Å². The summed E-state index contributed by atoms with van der Waals surface area (Å²) in [6.45, 7) is 4.99. The Hall–Kier alpha value is -2.63. The zero-order chi connectivity index (χ0) is 16.5. The SMILES string of the molecule is C=CCC[C@@H](NC(=O)c1ccc(NC(C)=O)cc1)C(=O)OC. The third-order valence-corrected chi connectivity index (χ3v) is 2.92. The summed E-state index contributed by atoms with van der Waals surface area (Å²) in [7, 11) is 1.28. The average molecular weight is 304 g/mol. The Balaban J connectivity index is 2.74. The van der Waals surface area contributed by atoms with E-state index in [0.29, 0.717) is 24.1 Å². The van der Waals surface area contributed by atoms with Crippen molar-refractivity contribution >= 4 is 23.5 Å². The van der Waals surface area contributed by atoms with Gasteiger partial charge in [-0.2, -0.15) is 0 Å². The van der Waals surface area contributed by atoms with Gasteiger partial charge in [0, 0.05) is 18.2 Å². The maximum absolute atomic E-state index is 12.1. The maximum Gasteiger partial charge on any atom is 0.328 e. The Bertz CT molecular complexity index is 552. The molecule has 0 heterocycles. The molecule has 0 saturated carbocycles. The first-order valence-corrected chi connectivity index (χ1v) is 6.85. The highest BCUT2D eigenvalue weighted by Gasteiger charge is 2.21. The minimum absolute atomic E-state index is 0.188. The van der Waals surface area contributed by atoms with Crippen LogP contribution >= 0.6 is 0 Å². The van der Waals surface area contributed by atoms with Crippen LogP contribution in [0, 0.1) is 0 Å². The first-order valence-electron chi connectivity index (χ1n) is 6.85. The number of esters is 1. The van der Waals surface area contributed by atoms with Crippen LogP contribution in [0.2, 0.25) is 0 Å². The number of anilines is 1. The highest BCUT2D eigenvalue weighted by molar-refractivity contribution is 5.97. The summed E-state index contributed by atoms with van der Waals surface area (Å²) < 4.78 is 4.67. The maximum atomic E-state index is 12.1. The largest absolute Gasteiger partial charge is 0.467 e. The Morgan fingerprint density at radius 1 is 1.27 bits per heavy atom. The lowest BCUT2D eigenvalue weighted by molar-refractivity contribution is -0.143. The molecule has 0 aliphatic rings. The number of allylic oxidation sites excluding steroid dienone is 1. The van der Waals surface area contributed by atoms with Crippen LogP contribution in [-0.2, 0) is 14.3 Å². The van der Waals surface area contributed by atoms with E-state index in [1.807, 2.05) is 0 Å². The van der Waals surface area contributed by atoms with Crippen molar-refractivity contribution in [3.63, 3.8) is 0 Å². The second kappa shape index (κ2) is 8.61. The number of hydrogen-bond donors (Lipinski definition) is 2. The third-order valence-electron chi connectivity index (χ3n) is 2.92. The molecule has 0 aromatic heterocycles. The van der Waals surface area contributed by atoms with Crippen LogP contribution in [0.4, 0.5) is 5.69 Å². The number of methoxy groups -OCH3 is 1. The zero-order valence-corrected chi connectivity index (χ0v) is 12.7. The summed E-state index contributed by atoms with van der Waals surface area (Å²) in [5.74, 6) is -1.06. The summed E-state index contributed by atoms with van der Waals surface area (Å²) in [6, 6.07) is 5.66. The molecule has 6 nitrogen and oxygen atoms in total. The van der Waals surface area contributed by atoms with E-state index in [0.717, 1.165) is 0 Å². The van der Waals surface area contributed by atoms with Gasteiger partial charge in [-0.05, 0) is 37.1 Å². The van der Waals surface area contributed by atoms with E-state index < -0.39 is 12.0 Å². The Kier molecular flexibility index (Phi) is 6.82. The number of ether oxygens (including phenoxy) is 1. The molecule has 0 aliphatic heterocycles. The summed E-state index contributed by atoms with van der Waals surface area (Å²) in [5.41, 5.74) is 0.988. The number of nitrogens with one attached hydrogen (secondary N) is 2. The van der Waals surface area contributed by atoms with E-state index >= 15 is 0 Å². The summed E-state index contributed by atoms with van der Waals surface area (Å²) in [5, 5.41) is 5.24. The molecule has 0 spiro atoms. The van der Waals surface area contributed by atoms with Crippen molar-refractivity contribution in [1.29, 1.82) is 0 Å². The van der Waals surface area contributed by atoms with Crippen LogP contribution in [0.5, 0.6) is 0 Å². The molecule has 2 amide bonds. The molecular formula is C16H20N2O4. The van der Waals surface area contributed by atoms with Gasteiger partial charge in [-0.1, -0.05) is 6.08 Å². The average Bonchev–Trinajstić information content (AvgIpc) is 2.50. The number of carbonyl (C=O) groups excluding carboxylic acids is 3. The molecule has 1 rings (SSSR count). The van der Waals surface area contributed by atoms with Crippen molar-refractivity contribution in [2.24, 2.45) is 0 Å². The molecule has 0 fully saturated rings. The predicted octanol–water partition coefficient (Wildman–Crippen LogP) is 1.88. The van der Waals surface area contributed by atoms with Crippen LogP contribution in [0.25, 0.3) is 0 Å². The molecule has 0 aliphatic carbocycles. The number of hydrogen-bond acceptors (Lipinski definition) is 4. The fourth-order valence-corrected chi connectivity index (χ4v) is 1.83. The minimum atomic E-state index is -0.717. The first-order chi connectivity index (χ1) is 10.5. The molecule has 1 aromatic carbocycles. The number of benzene rings is 1. The van der Waals surface area contributed by atoms with Gasteiger partial charge >= 0.3 is 5.97 Å². The molecular weight excluding hydrogens is 284 g/mol. The van der Waals surface area contributed by atoms with Gasteiger partial charge in [0.05, 0.1) is 7.11 Å². The van der Waals surface area contributed by atoms with Crippen LogP contribution in [0.15, 0.2) is 36.9 Å². The first kappa shape index (κ1) is 17.4. The number of amides is 2. The molecule has 2 N–H and O–H groups in total. The van der Waals surface area contributed by atoms with Gasteiger partial charge in [-0.3, -0.25) is 9.59 Å². The smallest absolute Gasteiger partial charge is 0.328 e. The van der Waals surface area contributed by atoms with Crippen LogP contribution < -0.4 is 10.6 Å². The summed E-state index contributed by atoms with van der Waals surface area (Å²) in [4.78, 5) is 34.7. The lowest BCUT2D eigenvalue weighted by Crippen LogP contribution is -2.41. The molecule has 0 saturated heterocycles. The molecule has 6 heteroatoms. The number of carbonyl (C=O) groups is 3. The van der Waals surface area contributed by atoms with E-state index in [4.69, 9.17) is 0 Å². The van der Waals surface area contributed by atoms with Gasteiger partial charge in [0.1, 0.15) is 6.04 Å². The number of rotatable bonds is 7. The van der Waals surface area contributed by atoms with Crippen molar-refractivity contribution in [2.75, 3.05) is 12.4 Å². The van der Waals surface area contributed by atoms with Gasteiger partial charge in [0.15, 0.2) is 0 Å². The Morgan fingerprint density at radius 3 is 2.41 bits per heavy atom. The van der Waals surface area contributed by atoms with Gasteiger partial charge in [-0.15, -0.1) is 6.58 Å². The van der Waals surface area contributed by atoms with Crippen molar-refractivity contribution in [3.05, 3.63) is 42.5 Å². The predicted molar refractivity (Wildman–Crippen MR) is 83.4 cm³/mol. The van der Waals surface area contributed by atoms with Crippen molar-refractivity contribution in [1.82, 2.24) is 5.32 Å². The normalized spacial score (nSPS) is 11.2. The second-order valence-electron chi connectivity index (χ2n) is 4.67. The fourth-order valence-electron chi connectivity index (χ4n) is 1.83. The third kappa shape index (κ3) is 5.40. The highest BCUT2D eigenvalue weighted by atomic mass is 16.5. The van der Waals surface area contributed by atoms with E-state index in [9.17, 15) is 14.4 Å². The van der Waals surface area contributed by atoms with E-state index in [1.54, 1.807) is 30.3 Å². The van der Waals surface area contributed by atoms with Gasteiger partial charge in [0.2, 0.25) is 5.91 Å². The van der Waals surface area contributed by atoms with Crippen molar-refractivity contribution in [3.8, 4) is 0 Å². The van der Waals surface area contributed by atoms with E-state index in [1.165, 1.54) is 14.0 Å². The minimum Gasteiger partial charge on any atom is -0.467 e. The summed E-state index contributed by atoms with van der Waals surface area (Å²) >= 11 is 0. The molecule has 1 atom stereocenters. The van der Waals surface area contributed by atoms with E-state index in [2.05, 4.69) is 21.9 Å². The lowest BCUT2D eigenvalue weighted by atomic mass is 10.1. The molecule has 0 bridgehead atoms. The Labute approximate surface area is 129 Å². The lowest BCUT2D eigenvalue weighted by Gasteiger charge is -2.15. The summed E-state index contributed by atoms with van der Waals surface area (Å²) in [6.07, 6.45) is 2.68. The van der Waals surface area contributed by atoms with Gasteiger partial charge < -0.3 is 15.4 Å². The Morgan fingerprint density at radius 2 is 1.91 bits per heavy atom. The molecule has 22 heavy (non-hydrogen) atoms. The van der Waals surface area contributed by atoms with Gasteiger partial charge in [0.25, 0.3) is 5.91 Å². The van der Waals surface area contributed by atoms with Crippen LogP contribution in [0.3, 0.4) is 0 Å². The van der Waals surface area contributed by atoms with Crippen LogP contribution in [-0.4, -0.2) is 30.9 Å². The van der Waals surface area contributed by atoms with Gasteiger partial charge in [-0.25, -0.2) is 4.79 Å². The second-order valence-corrected chi connectivity index (χ2v) is 4.67. The standard InChI is InChI=1S/C16H20N2O4/c1-4-5-6-14(16(21)22-3)18-15(20)12-7-9-13(10-8-12)17-11(2)19/h4,7-10,14H,1,5-6H2,2-3H3,(H,17,19)(H,18,20)/t14-/m1/s1. The highest BCUT2D eigenvalue weighted by Crippen LogP contribution is 2.10. The molecule has 1 aromatic rings. The fraction of sp³-hybridized carbons (Fsp3) is 0.312. The van der Waals surface area contributed by atoms with Crippen LogP contribution in [0.1, 0.15) is 30.1 Å². The monoisotopic (exact) mass is 304 g/mol. The zero-order valence-electron chi connectivity index (χ0n) is 12.7. The van der Waals surface area contributed by atoms with E-state index in [-0.39, 0.29) is 11.8 Å². The van der Waals surface area contributed by atoms with Crippen molar-refractivity contribution in [2.45, 2.75) is 25.8 Å². The molecule has 0 radical (unpaired) electrons. The van der Waals surface area contributed by atoms with Crippen molar-refractivity contribution < 1.29 is 19.1 Å². The quantitative estimate of drug-likeness (QED) is 0.595. The molecule has 0 unspecified atom stereocenters.